The molecule has 1 aromatic heterocycles. The van der Waals surface area contributed by atoms with E-state index in [1.807, 2.05) is 6.92 Å². The van der Waals surface area contributed by atoms with E-state index < -0.39 is 12.0 Å². The van der Waals surface area contributed by atoms with Gasteiger partial charge in [-0.25, -0.2) is 9.67 Å². The van der Waals surface area contributed by atoms with Crippen LogP contribution < -0.4 is 5.32 Å². The first-order chi connectivity index (χ1) is 8.54. The smallest absolute Gasteiger partial charge is 0.305 e. The third kappa shape index (κ3) is 4.15. The molecule has 1 aromatic rings. The van der Waals surface area contributed by atoms with Gasteiger partial charge < -0.3 is 10.4 Å². The summed E-state index contributed by atoms with van der Waals surface area (Å²) in [6.07, 6.45) is 4.20. The first kappa shape index (κ1) is 14.1. The molecule has 1 amide bonds. The van der Waals surface area contributed by atoms with Gasteiger partial charge in [-0.05, 0) is 13.3 Å². The van der Waals surface area contributed by atoms with Gasteiger partial charge in [-0.15, -0.1) is 0 Å². The average Bonchev–Trinajstić information content (AvgIpc) is 2.80. The van der Waals surface area contributed by atoms with Crippen LogP contribution >= 0.6 is 0 Å². The van der Waals surface area contributed by atoms with E-state index in [1.54, 1.807) is 6.92 Å². The molecule has 0 radical (unpaired) electrons. The van der Waals surface area contributed by atoms with Gasteiger partial charge in [0.2, 0.25) is 5.91 Å². The maximum absolute atomic E-state index is 11.9. The molecule has 2 unspecified atom stereocenters. The zero-order valence-electron chi connectivity index (χ0n) is 10.5. The molecule has 7 nitrogen and oxygen atoms in total. The van der Waals surface area contributed by atoms with Crippen molar-refractivity contribution in [3.63, 3.8) is 0 Å². The molecule has 0 saturated heterocycles. The molecule has 0 fully saturated rings. The van der Waals surface area contributed by atoms with Crippen LogP contribution in [0.5, 0.6) is 0 Å². The van der Waals surface area contributed by atoms with Gasteiger partial charge in [0.05, 0.1) is 6.42 Å². The van der Waals surface area contributed by atoms with E-state index >= 15 is 0 Å². The lowest BCUT2D eigenvalue weighted by Gasteiger charge is -2.19. The van der Waals surface area contributed by atoms with Crippen molar-refractivity contribution in [2.45, 2.75) is 45.2 Å². The van der Waals surface area contributed by atoms with E-state index in [-0.39, 0.29) is 18.4 Å². The van der Waals surface area contributed by atoms with Crippen molar-refractivity contribution in [3.05, 3.63) is 12.7 Å². The van der Waals surface area contributed by atoms with Gasteiger partial charge in [0, 0.05) is 6.04 Å². The summed E-state index contributed by atoms with van der Waals surface area (Å²) < 4.78 is 1.43. The maximum atomic E-state index is 11.9. The Balaban J connectivity index is 2.57. The normalized spacial score (nSPS) is 13.9. The predicted octanol–water partition coefficient (Wildman–Crippen LogP) is 0.599. The monoisotopic (exact) mass is 254 g/mol. The van der Waals surface area contributed by atoms with Gasteiger partial charge >= 0.3 is 5.97 Å². The zero-order chi connectivity index (χ0) is 13.5. The summed E-state index contributed by atoms with van der Waals surface area (Å²) in [6.45, 7) is 3.63. The van der Waals surface area contributed by atoms with Gasteiger partial charge in [-0.3, -0.25) is 9.59 Å². The van der Waals surface area contributed by atoms with Crippen LogP contribution in [0.4, 0.5) is 0 Å². The average molecular weight is 254 g/mol. The Labute approximate surface area is 105 Å². The number of carbonyl (C=O) groups is 2. The summed E-state index contributed by atoms with van der Waals surface area (Å²) in [7, 11) is 0. The Hall–Kier alpha value is -1.92. The number of carboxylic acids is 1. The topological polar surface area (TPSA) is 97.1 Å². The van der Waals surface area contributed by atoms with Crippen LogP contribution in [-0.2, 0) is 9.59 Å². The third-order valence-electron chi connectivity index (χ3n) is 2.62. The Morgan fingerprint density at radius 2 is 2.22 bits per heavy atom. The number of aliphatic carboxylic acids is 1. The lowest BCUT2D eigenvalue weighted by Crippen LogP contribution is -2.40. The Kier molecular flexibility index (Phi) is 5.29. The van der Waals surface area contributed by atoms with Crippen LogP contribution in [-0.4, -0.2) is 37.8 Å². The van der Waals surface area contributed by atoms with Gasteiger partial charge in [0.15, 0.2) is 0 Å². The summed E-state index contributed by atoms with van der Waals surface area (Å²) in [4.78, 5) is 26.4. The first-order valence-electron chi connectivity index (χ1n) is 5.90. The van der Waals surface area contributed by atoms with Crippen LogP contribution in [0.1, 0.15) is 39.2 Å². The molecule has 7 heteroatoms. The molecular formula is C11H18N4O3. The molecule has 1 heterocycles. The molecule has 2 N–H and O–H groups in total. The van der Waals surface area contributed by atoms with E-state index in [2.05, 4.69) is 15.4 Å². The summed E-state index contributed by atoms with van der Waals surface area (Å²) >= 11 is 0. The van der Waals surface area contributed by atoms with E-state index in [1.165, 1.54) is 17.3 Å². The fourth-order valence-electron chi connectivity index (χ4n) is 1.64. The Bertz CT molecular complexity index is 391. The predicted molar refractivity (Wildman–Crippen MR) is 63.8 cm³/mol. The molecule has 100 valence electrons. The quantitative estimate of drug-likeness (QED) is 0.742. The van der Waals surface area contributed by atoms with Crippen LogP contribution in [0.25, 0.3) is 0 Å². The number of carboxylic acid groups (broad SMARTS) is 1. The largest absolute Gasteiger partial charge is 0.481 e. The summed E-state index contributed by atoms with van der Waals surface area (Å²) in [5.41, 5.74) is 0. The Morgan fingerprint density at radius 1 is 1.50 bits per heavy atom. The molecule has 1 rings (SSSR count). The molecule has 0 aliphatic carbocycles. The van der Waals surface area contributed by atoms with Crippen molar-refractivity contribution >= 4 is 11.9 Å². The van der Waals surface area contributed by atoms with Crippen molar-refractivity contribution in [2.24, 2.45) is 0 Å². The minimum atomic E-state index is -0.915. The number of rotatable bonds is 7. The number of hydrogen-bond acceptors (Lipinski definition) is 4. The highest BCUT2D eigenvalue weighted by atomic mass is 16.4. The van der Waals surface area contributed by atoms with Gasteiger partial charge in [-0.1, -0.05) is 13.3 Å². The fraction of sp³-hybridized carbons (Fsp3) is 0.636. The number of aromatic nitrogens is 3. The van der Waals surface area contributed by atoms with Gasteiger partial charge in [0.25, 0.3) is 0 Å². The van der Waals surface area contributed by atoms with Crippen molar-refractivity contribution in [1.29, 1.82) is 0 Å². The minimum absolute atomic E-state index is 0.0658. The number of hydrogen-bond donors (Lipinski definition) is 2. The molecule has 0 spiro atoms. The lowest BCUT2D eigenvalue weighted by atomic mass is 10.1. The fourth-order valence-corrected chi connectivity index (χ4v) is 1.64. The second kappa shape index (κ2) is 6.73. The summed E-state index contributed by atoms with van der Waals surface area (Å²) in [5.74, 6) is -1.16. The minimum Gasteiger partial charge on any atom is -0.481 e. The van der Waals surface area contributed by atoms with Crippen molar-refractivity contribution in [1.82, 2.24) is 20.1 Å². The highest BCUT2D eigenvalue weighted by molar-refractivity contribution is 5.80. The Morgan fingerprint density at radius 3 is 2.72 bits per heavy atom. The third-order valence-corrected chi connectivity index (χ3v) is 2.62. The standard InChI is InChI=1S/C11H18N4O3/c1-3-4-9(5-10(16)17)14-11(18)8(2)15-7-12-6-13-15/h6-9H,3-5H2,1-2H3,(H,14,18)(H,16,17). The van der Waals surface area contributed by atoms with Crippen LogP contribution in [0.3, 0.4) is 0 Å². The molecule has 0 bridgehead atoms. The van der Waals surface area contributed by atoms with E-state index in [4.69, 9.17) is 5.11 Å². The molecule has 2 atom stereocenters. The molecule has 0 aliphatic heterocycles. The van der Waals surface area contributed by atoms with Crippen molar-refractivity contribution < 1.29 is 14.7 Å². The van der Waals surface area contributed by atoms with Crippen molar-refractivity contribution in [3.8, 4) is 0 Å². The summed E-state index contributed by atoms with van der Waals surface area (Å²) in [5, 5.41) is 15.4. The first-order valence-corrected chi connectivity index (χ1v) is 5.90. The van der Waals surface area contributed by atoms with Crippen LogP contribution in [0.2, 0.25) is 0 Å². The maximum Gasteiger partial charge on any atom is 0.305 e. The second-order valence-electron chi connectivity index (χ2n) is 4.14. The summed E-state index contributed by atoms with van der Waals surface area (Å²) in [6, 6.07) is -0.841. The molecule has 18 heavy (non-hydrogen) atoms. The van der Waals surface area contributed by atoms with E-state index in [0.717, 1.165) is 6.42 Å². The highest BCUT2D eigenvalue weighted by Crippen LogP contribution is 2.07. The number of carbonyl (C=O) groups excluding carboxylic acids is 1. The highest BCUT2D eigenvalue weighted by Gasteiger charge is 2.20. The van der Waals surface area contributed by atoms with Crippen molar-refractivity contribution in [2.75, 3.05) is 0 Å². The zero-order valence-corrected chi connectivity index (χ0v) is 10.5. The lowest BCUT2D eigenvalue weighted by molar-refractivity contribution is -0.137. The second-order valence-corrected chi connectivity index (χ2v) is 4.14. The van der Waals surface area contributed by atoms with Crippen LogP contribution in [0.15, 0.2) is 12.7 Å². The van der Waals surface area contributed by atoms with Gasteiger partial charge in [-0.2, -0.15) is 5.10 Å². The van der Waals surface area contributed by atoms with E-state index in [9.17, 15) is 9.59 Å². The number of nitrogens with one attached hydrogen (secondary N) is 1. The molecular weight excluding hydrogens is 236 g/mol. The van der Waals surface area contributed by atoms with Gasteiger partial charge in [0.1, 0.15) is 18.7 Å². The molecule has 0 aliphatic rings. The SMILES string of the molecule is CCCC(CC(=O)O)NC(=O)C(C)n1cncn1. The number of amides is 1. The molecule has 0 aromatic carbocycles. The molecule has 0 saturated carbocycles. The van der Waals surface area contributed by atoms with Crippen LogP contribution in [0, 0.1) is 0 Å². The van der Waals surface area contributed by atoms with E-state index in [0.29, 0.717) is 6.42 Å². The number of nitrogens with zero attached hydrogens (tertiary/aromatic N) is 3.